The van der Waals surface area contributed by atoms with Gasteiger partial charge in [-0.1, -0.05) is 0 Å². The molecule has 0 fully saturated rings. The molecule has 8 nitrogen and oxygen atoms in total. The Bertz CT molecular complexity index is 1070. The molecule has 2 heterocycles. The summed E-state index contributed by atoms with van der Waals surface area (Å²) in [6, 6.07) is 2.23. The molecule has 0 saturated heterocycles. The lowest BCUT2D eigenvalue weighted by atomic mass is 10.1. The quantitative estimate of drug-likeness (QED) is 0.665. The molecule has 172 valence electrons. The Morgan fingerprint density at radius 3 is 2.66 bits per heavy atom. The average molecular weight is 475 g/mol. The number of alkyl halides is 3. The zero-order valence-electron chi connectivity index (χ0n) is 16.9. The first-order valence-electron chi connectivity index (χ1n) is 9.20. The van der Waals surface area contributed by atoms with Crippen molar-refractivity contribution in [2.24, 2.45) is 0 Å². The number of nitriles is 1. The van der Waals surface area contributed by atoms with Crippen molar-refractivity contribution in [1.82, 2.24) is 19.8 Å². The Morgan fingerprint density at radius 2 is 2.03 bits per heavy atom. The molecule has 0 unspecified atom stereocenters. The number of aromatic nitrogens is 2. The molecular weight excluding hydrogens is 456 g/mol. The first-order valence-corrected chi connectivity index (χ1v) is 9.20. The van der Waals surface area contributed by atoms with Crippen molar-refractivity contribution in [3.05, 3.63) is 47.3 Å². The minimum atomic E-state index is -4.60. The molecule has 1 aliphatic heterocycles. The number of halogens is 5. The Kier molecular flexibility index (Phi) is 7.35. The van der Waals surface area contributed by atoms with Crippen LogP contribution in [-0.2, 0) is 13.1 Å². The molecule has 0 radical (unpaired) electrons. The fourth-order valence-corrected chi connectivity index (χ4v) is 3.12. The van der Waals surface area contributed by atoms with E-state index in [0.29, 0.717) is 0 Å². The second kappa shape index (κ2) is 9.44. The van der Waals surface area contributed by atoms with Gasteiger partial charge in [0, 0.05) is 18.3 Å². The SMILES string of the molecule is C[C@H]1Cn2cnc(C(=O)N[C@H](C)C(F)(F)F)c2CN1C(=O)Nc1ccc(F)c(C#N)c1.Cl. The smallest absolute Gasteiger partial charge is 0.339 e. The number of nitrogens with zero attached hydrogens (tertiary/aromatic N) is 4. The normalized spacial score (nSPS) is 16.3. The monoisotopic (exact) mass is 474 g/mol. The number of nitrogens with one attached hydrogen (secondary N) is 2. The molecule has 2 atom stereocenters. The van der Waals surface area contributed by atoms with Gasteiger partial charge in [-0.05, 0) is 32.0 Å². The number of carbonyl (C=O) groups excluding carboxylic acids is 2. The molecule has 32 heavy (non-hydrogen) atoms. The van der Waals surface area contributed by atoms with Crippen LogP contribution in [0.1, 0.15) is 35.6 Å². The second-order valence-electron chi connectivity index (χ2n) is 7.14. The molecule has 0 aliphatic carbocycles. The van der Waals surface area contributed by atoms with Crippen molar-refractivity contribution in [3.8, 4) is 6.07 Å². The van der Waals surface area contributed by atoms with Gasteiger partial charge in [0.15, 0.2) is 5.69 Å². The Hall–Kier alpha value is -3.33. The predicted molar refractivity (Wildman–Crippen MR) is 108 cm³/mol. The first-order chi connectivity index (χ1) is 14.5. The highest BCUT2D eigenvalue weighted by Gasteiger charge is 2.38. The van der Waals surface area contributed by atoms with Gasteiger partial charge in [-0.3, -0.25) is 4.79 Å². The van der Waals surface area contributed by atoms with Crippen molar-refractivity contribution < 1.29 is 27.2 Å². The molecule has 13 heteroatoms. The Morgan fingerprint density at radius 1 is 1.34 bits per heavy atom. The lowest BCUT2D eigenvalue weighted by molar-refractivity contribution is -0.149. The van der Waals surface area contributed by atoms with Crippen molar-refractivity contribution in [2.75, 3.05) is 5.32 Å². The molecule has 2 aromatic rings. The molecule has 0 spiro atoms. The van der Waals surface area contributed by atoms with Crippen molar-refractivity contribution in [1.29, 1.82) is 5.26 Å². The fourth-order valence-electron chi connectivity index (χ4n) is 3.12. The molecular formula is C19H19ClF4N6O2. The third-order valence-corrected chi connectivity index (χ3v) is 4.91. The number of anilines is 1. The van der Waals surface area contributed by atoms with Crippen LogP contribution >= 0.6 is 12.4 Å². The summed E-state index contributed by atoms with van der Waals surface area (Å²) < 4.78 is 53.3. The van der Waals surface area contributed by atoms with E-state index < -0.39 is 30.0 Å². The predicted octanol–water partition coefficient (Wildman–Crippen LogP) is 3.43. The highest BCUT2D eigenvalue weighted by molar-refractivity contribution is 5.94. The van der Waals surface area contributed by atoms with E-state index in [2.05, 4.69) is 10.3 Å². The summed E-state index contributed by atoms with van der Waals surface area (Å²) in [5.74, 6) is -1.72. The average Bonchev–Trinajstić information content (AvgIpc) is 3.10. The molecule has 1 aliphatic rings. The Balaban J connectivity index is 0.00000363. The van der Waals surface area contributed by atoms with Crippen LogP contribution in [0.4, 0.5) is 28.0 Å². The van der Waals surface area contributed by atoms with E-state index in [0.717, 1.165) is 13.0 Å². The van der Waals surface area contributed by atoms with E-state index >= 15 is 0 Å². The zero-order valence-corrected chi connectivity index (χ0v) is 17.7. The largest absolute Gasteiger partial charge is 0.408 e. The summed E-state index contributed by atoms with van der Waals surface area (Å²) in [4.78, 5) is 30.4. The second-order valence-corrected chi connectivity index (χ2v) is 7.14. The fraction of sp³-hybridized carbons (Fsp3) is 0.368. The van der Waals surface area contributed by atoms with E-state index in [9.17, 15) is 27.2 Å². The number of hydrogen-bond donors (Lipinski definition) is 2. The molecule has 1 aromatic heterocycles. The van der Waals surface area contributed by atoms with Gasteiger partial charge in [0.2, 0.25) is 0 Å². The van der Waals surface area contributed by atoms with Gasteiger partial charge in [-0.15, -0.1) is 12.4 Å². The van der Waals surface area contributed by atoms with Crippen molar-refractivity contribution in [3.63, 3.8) is 0 Å². The van der Waals surface area contributed by atoms with Gasteiger partial charge in [-0.25, -0.2) is 14.2 Å². The van der Waals surface area contributed by atoms with E-state index in [1.54, 1.807) is 17.6 Å². The first kappa shape index (κ1) is 24.9. The number of hydrogen-bond acceptors (Lipinski definition) is 4. The van der Waals surface area contributed by atoms with Gasteiger partial charge in [-0.2, -0.15) is 18.4 Å². The van der Waals surface area contributed by atoms with Crippen LogP contribution in [-0.4, -0.2) is 44.6 Å². The van der Waals surface area contributed by atoms with E-state index in [-0.39, 0.29) is 54.2 Å². The van der Waals surface area contributed by atoms with Crippen LogP contribution in [0.15, 0.2) is 24.5 Å². The van der Waals surface area contributed by atoms with Crippen LogP contribution in [0, 0.1) is 17.1 Å². The number of fused-ring (bicyclic) bond motifs is 1. The topological polar surface area (TPSA) is 103 Å². The van der Waals surface area contributed by atoms with E-state index in [1.807, 2.05) is 5.32 Å². The maximum Gasteiger partial charge on any atom is 0.408 e. The van der Waals surface area contributed by atoms with Gasteiger partial charge >= 0.3 is 12.2 Å². The summed E-state index contributed by atoms with van der Waals surface area (Å²) in [5, 5.41) is 13.3. The molecule has 2 N–H and O–H groups in total. The van der Waals surface area contributed by atoms with Crippen molar-refractivity contribution >= 4 is 30.0 Å². The number of benzene rings is 1. The molecule has 3 amide bonds. The van der Waals surface area contributed by atoms with Gasteiger partial charge in [0.05, 0.1) is 24.1 Å². The summed E-state index contributed by atoms with van der Waals surface area (Å²) >= 11 is 0. The molecule has 0 bridgehead atoms. The summed E-state index contributed by atoms with van der Waals surface area (Å²) in [6.45, 7) is 2.76. The number of carbonyl (C=O) groups is 2. The van der Waals surface area contributed by atoms with Crippen LogP contribution in [0.3, 0.4) is 0 Å². The van der Waals surface area contributed by atoms with Crippen LogP contribution < -0.4 is 10.6 Å². The number of rotatable bonds is 3. The van der Waals surface area contributed by atoms with E-state index in [4.69, 9.17) is 5.26 Å². The lowest BCUT2D eigenvalue weighted by Gasteiger charge is -2.34. The highest BCUT2D eigenvalue weighted by atomic mass is 35.5. The minimum absolute atomic E-state index is 0. The summed E-state index contributed by atoms with van der Waals surface area (Å²) in [6.07, 6.45) is -3.26. The number of imidazole rings is 1. The molecule has 0 saturated carbocycles. The van der Waals surface area contributed by atoms with Gasteiger partial charge in [0.1, 0.15) is 17.9 Å². The lowest BCUT2D eigenvalue weighted by Crippen LogP contribution is -2.47. The van der Waals surface area contributed by atoms with Gasteiger partial charge in [0.25, 0.3) is 5.91 Å². The zero-order chi connectivity index (χ0) is 22.9. The number of amides is 3. The number of urea groups is 1. The van der Waals surface area contributed by atoms with E-state index in [1.165, 1.54) is 23.4 Å². The van der Waals surface area contributed by atoms with Crippen LogP contribution in [0.2, 0.25) is 0 Å². The standard InChI is InChI=1S/C19H18F4N6O2.ClH/c1-10-7-28-9-25-16(17(30)26-11(2)19(21,22)23)15(28)8-29(10)18(31)27-13-3-4-14(20)12(5-13)6-24;/h3-5,9-11H,7-8H2,1-2H3,(H,26,30)(H,27,31);1H/t10-,11+;/m0./s1. The summed E-state index contributed by atoms with van der Waals surface area (Å²) in [7, 11) is 0. The molecule has 3 rings (SSSR count). The van der Waals surface area contributed by atoms with Gasteiger partial charge < -0.3 is 20.1 Å². The maximum absolute atomic E-state index is 13.5. The third kappa shape index (κ3) is 5.11. The maximum atomic E-state index is 13.5. The summed E-state index contributed by atoms with van der Waals surface area (Å²) in [5.41, 5.74) is 0.0535. The van der Waals surface area contributed by atoms with Crippen LogP contribution in [0.5, 0.6) is 0 Å². The highest BCUT2D eigenvalue weighted by Crippen LogP contribution is 2.24. The Labute approximate surface area is 186 Å². The van der Waals surface area contributed by atoms with Crippen LogP contribution in [0.25, 0.3) is 0 Å². The molecule has 1 aromatic carbocycles. The van der Waals surface area contributed by atoms with Crippen molar-refractivity contribution in [2.45, 2.75) is 45.2 Å². The third-order valence-electron chi connectivity index (χ3n) is 4.91. The minimum Gasteiger partial charge on any atom is -0.339 e.